The van der Waals surface area contributed by atoms with Gasteiger partial charge >= 0.3 is 0 Å². The topological polar surface area (TPSA) is 26.3 Å². The fourth-order valence-corrected chi connectivity index (χ4v) is 3.59. The molecule has 3 heteroatoms. The van der Waals surface area contributed by atoms with E-state index in [4.69, 9.17) is 4.74 Å². The van der Waals surface area contributed by atoms with Crippen molar-refractivity contribution in [3.8, 4) is 0 Å². The van der Waals surface area contributed by atoms with Crippen molar-refractivity contribution in [3.63, 3.8) is 0 Å². The maximum Gasteiger partial charge on any atom is 0.178 e. The highest BCUT2D eigenvalue weighted by atomic mass is 79.9. The van der Waals surface area contributed by atoms with Gasteiger partial charge in [0.1, 0.15) is 5.60 Å². The molecular formula is C12H17BrO2. The summed E-state index contributed by atoms with van der Waals surface area (Å²) >= 11 is 3.53. The molecule has 1 saturated carbocycles. The van der Waals surface area contributed by atoms with Gasteiger partial charge in [-0.3, -0.25) is 4.79 Å². The van der Waals surface area contributed by atoms with E-state index in [0.717, 1.165) is 38.7 Å². The van der Waals surface area contributed by atoms with Crippen LogP contribution in [0.3, 0.4) is 0 Å². The number of halogens is 1. The van der Waals surface area contributed by atoms with E-state index >= 15 is 0 Å². The highest BCUT2D eigenvalue weighted by Gasteiger charge is 2.49. The molecule has 0 aromatic rings. The van der Waals surface area contributed by atoms with Gasteiger partial charge in [-0.15, -0.1) is 6.58 Å². The molecule has 0 bridgehead atoms. The number of hydrogen-bond acceptors (Lipinski definition) is 2. The lowest BCUT2D eigenvalue weighted by Crippen LogP contribution is -2.49. The van der Waals surface area contributed by atoms with Crippen LogP contribution in [0, 0.1) is 5.92 Å². The molecule has 2 rings (SSSR count). The smallest absolute Gasteiger partial charge is 0.178 e. The zero-order valence-electron chi connectivity index (χ0n) is 8.88. The average molecular weight is 273 g/mol. The summed E-state index contributed by atoms with van der Waals surface area (Å²) in [5, 5.41) is 0. The minimum Gasteiger partial charge on any atom is -0.367 e. The predicted octanol–water partition coefficient (Wildman–Crippen LogP) is 2.85. The molecule has 1 saturated heterocycles. The lowest BCUT2D eigenvalue weighted by atomic mass is 9.75. The minimum atomic E-state index is -0.439. The minimum absolute atomic E-state index is 0.0395. The van der Waals surface area contributed by atoms with E-state index in [1.54, 1.807) is 0 Å². The summed E-state index contributed by atoms with van der Waals surface area (Å²) in [6.45, 7) is 4.49. The highest BCUT2D eigenvalue weighted by molar-refractivity contribution is 9.10. The normalized spacial score (nSPS) is 41.0. The summed E-state index contributed by atoms with van der Waals surface area (Å²) in [6, 6.07) is 0. The second-order valence-corrected chi connectivity index (χ2v) is 5.52. The second-order valence-electron chi connectivity index (χ2n) is 4.54. The Labute approximate surface area is 99.2 Å². The Hall–Kier alpha value is -0.150. The maximum absolute atomic E-state index is 12.2. The van der Waals surface area contributed by atoms with E-state index in [-0.39, 0.29) is 10.6 Å². The quantitative estimate of drug-likeness (QED) is 0.571. The molecule has 1 heterocycles. The largest absolute Gasteiger partial charge is 0.367 e. The van der Waals surface area contributed by atoms with Crippen LogP contribution in [0.25, 0.3) is 0 Å². The molecule has 2 fully saturated rings. The Kier molecular flexibility index (Phi) is 3.31. The first kappa shape index (κ1) is 11.3. The van der Waals surface area contributed by atoms with Crippen molar-refractivity contribution in [1.82, 2.24) is 0 Å². The van der Waals surface area contributed by atoms with E-state index in [9.17, 15) is 4.79 Å². The van der Waals surface area contributed by atoms with Crippen molar-refractivity contribution in [2.45, 2.75) is 42.5 Å². The van der Waals surface area contributed by atoms with Gasteiger partial charge in [0.2, 0.25) is 0 Å². The monoisotopic (exact) mass is 272 g/mol. The average Bonchev–Trinajstić information content (AvgIpc) is 2.70. The SMILES string of the molecule is C=CC[C@H]1CC[C@@]2(CCCO2)C(=O)[C@H]1Br. The molecule has 3 atom stereocenters. The van der Waals surface area contributed by atoms with Crippen molar-refractivity contribution in [2.75, 3.05) is 6.61 Å². The number of rotatable bonds is 2. The molecule has 84 valence electrons. The lowest BCUT2D eigenvalue weighted by Gasteiger charge is -2.37. The number of carbonyl (C=O) groups excluding carboxylic acids is 1. The van der Waals surface area contributed by atoms with Gasteiger partial charge in [-0.05, 0) is 38.0 Å². The molecule has 2 aliphatic rings. The number of ether oxygens (including phenoxy) is 1. The Morgan fingerprint density at radius 1 is 1.60 bits per heavy atom. The molecule has 0 radical (unpaired) electrons. The van der Waals surface area contributed by atoms with E-state index in [0.29, 0.717) is 5.92 Å². The van der Waals surface area contributed by atoms with Crippen LogP contribution in [0.4, 0.5) is 0 Å². The molecule has 0 aromatic heterocycles. The van der Waals surface area contributed by atoms with Gasteiger partial charge < -0.3 is 4.74 Å². The second kappa shape index (κ2) is 4.38. The number of alkyl halides is 1. The molecule has 1 aliphatic carbocycles. The lowest BCUT2D eigenvalue weighted by molar-refractivity contribution is -0.143. The van der Waals surface area contributed by atoms with E-state index in [1.165, 1.54) is 0 Å². The first-order valence-electron chi connectivity index (χ1n) is 5.63. The Morgan fingerprint density at radius 3 is 3.00 bits per heavy atom. The summed E-state index contributed by atoms with van der Waals surface area (Å²) in [5.74, 6) is 0.669. The summed E-state index contributed by atoms with van der Waals surface area (Å²) in [7, 11) is 0. The fraction of sp³-hybridized carbons (Fsp3) is 0.750. The highest BCUT2D eigenvalue weighted by Crippen LogP contribution is 2.42. The van der Waals surface area contributed by atoms with Crippen LogP contribution in [-0.4, -0.2) is 22.8 Å². The molecule has 0 unspecified atom stereocenters. The molecule has 0 N–H and O–H groups in total. The number of hydrogen-bond donors (Lipinski definition) is 0. The molecule has 1 spiro atoms. The molecule has 1 aliphatic heterocycles. The number of allylic oxidation sites excluding steroid dienone is 1. The van der Waals surface area contributed by atoms with E-state index < -0.39 is 5.60 Å². The summed E-state index contributed by atoms with van der Waals surface area (Å²) in [5.41, 5.74) is -0.439. The predicted molar refractivity (Wildman–Crippen MR) is 63.2 cm³/mol. The number of Topliss-reactive ketones (excluding diaryl/α,β-unsaturated/α-hetero) is 1. The van der Waals surface area contributed by atoms with Gasteiger partial charge in [-0.25, -0.2) is 0 Å². The van der Waals surface area contributed by atoms with Gasteiger partial charge in [-0.1, -0.05) is 22.0 Å². The first-order chi connectivity index (χ1) is 7.19. The van der Waals surface area contributed by atoms with Gasteiger partial charge in [0.15, 0.2) is 5.78 Å². The van der Waals surface area contributed by atoms with Gasteiger partial charge in [-0.2, -0.15) is 0 Å². The molecule has 0 aromatic carbocycles. The zero-order chi connectivity index (χ0) is 10.9. The maximum atomic E-state index is 12.2. The van der Waals surface area contributed by atoms with Crippen molar-refractivity contribution in [2.24, 2.45) is 5.92 Å². The third-order valence-electron chi connectivity index (χ3n) is 3.61. The standard InChI is InChI=1S/C12H17BrO2/c1-2-4-9-5-7-12(6-3-8-15-12)11(14)10(9)13/h2,9-10H,1,3-8H2/t9-,10-,12-/m0/s1. The van der Waals surface area contributed by atoms with Crippen LogP contribution in [0.2, 0.25) is 0 Å². The van der Waals surface area contributed by atoms with Gasteiger partial charge in [0.05, 0.1) is 4.83 Å². The van der Waals surface area contributed by atoms with Crippen molar-refractivity contribution < 1.29 is 9.53 Å². The Balaban J connectivity index is 2.10. The third kappa shape index (κ3) is 1.92. The van der Waals surface area contributed by atoms with Crippen molar-refractivity contribution in [3.05, 3.63) is 12.7 Å². The van der Waals surface area contributed by atoms with Crippen LogP contribution in [0.5, 0.6) is 0 Å². The zero-order valence-corrected chi connectivity index (χ0v) is 10.5. The van der Waals surface area contributed by atoms with Gasteiger partial charge in [0, 0.05) is 6.61 Å². The number of ketones is 1. The third-order valence-corrected chi connectivity index (χ3v) is 4.77. The molecular weight excluding hydrogens is 256 g/mol. The van der Waals surface area contributed by atoms with Crippen LogP contribution in [0.1, 0.15) is 32.1 Å². The summed E-state index contributed by atoms with van der Waals surface area (Å²) < 4.78 is 5.69. The van der Waals surface area contributed by atoms with E-state index in [1.807, 2.05) is 6.08 Å². The Bertz CT molecular complexity index is 269. The molecule has 2 nitrogen and oxygen atoms in total. The van der Waals surface area contributed by atoms with Crippen LogP contribution in [0.15, 0.2) is 12.7 Å². The fourth-order valence-electron chi connectivity index (χ4n) is 2.69. The summed E-state index contributed by atoms with van der Waals surface area (Å²) in [4.78, 5) is 12.2. The molecule has 0 amide bonds. The van der Waals surface area contributed by atoms with Gasteiger partial charge in [0.25, 0.3) is 0 Å². The Morgan fingerprint density at radius 2 is 2.40 bits per heavy atom. The summed E-state index contributed by atoms with van der Waals surface area (Å²) in [6.07, 6.45) is 6.71. The van der Waals surface area contributed by atoms with Crippen LogP contribution < -0.4 is 0 Å². The van der Waals surface area contributed by atoms with Crippen LogP contribution >= 0.6 is 15.9 Å². The van der Waals surface area contributed by atoms with Crippen molar-refractivity contribution >= 4 is 21.7 Å². The van der Waals surface area contributed by atoms with Crippen LogP contribution in [-0.2, 0) is 9.53 Å². The van der Waals surface area contributed by atoms with E-state index in [2.05, 4.69) is 22.5 Å². The molecule has 15 heavy (non-hydrogen) atoms. The first-order valence-corrected chi connectivity index (χ1v) is 6.54. The van der Waals surface area contributed by atoms with Crippen molar-refractivity contribution in [1.29, 1.82) is 0 Å². The number of carbonyl (C=O) groups is 1.